The van der Waals surface area contributed by atoms with E-state index in [-0.39, 0.29) is 5.91 Å². The van der Waals surface area contributed by atoms with Gasteiger partial charge in [-0.25, -0.2) is 0 Å². The molecule has 26 heavy (non-hydrogen) atoms. The summed E-state index contributed by atoms with van der Waals surface area (Å²) in [6, 6.07) is 16.3. The quantitative estimate of drug-likeness (QED) is 0.690. The molecule has 2 heterocycles. The van der Waals surface area contributed by atoms with Crippen molar-refractivity contribution >= 4 is 28.6 Å². The van der Waals surface area contributed by atoms with E-state index >= 15 is 0 Å². The van der Waals surface area contributed by atoms with E-state index < -0.39 is 0 Å². The zero-order chi connectivity index (χ0) is 17.9. The van der Waals surface area contributed by atoms with Gasteiger partial charge >= 0.3 is 0 Å². The summed E-state index contributed by atoms with van der Waals surface area (Å²) < 4.78 is 5.33. The van der Waals surface area contributed by atoms with Crippen molar-refractivity contribution < 1.29 is 9.32 Å². The number of hydrogen-bond acceptors (Lipinski definition) is 4. The Kier molecular flexibility index (Phi) is 4.98. The van der Waals surface area contributed by atoms with Gasteiger partial charge < -0.3 is 9.42 Å². The van der Waals surface area contributed by atoms with Crippen LogP contribution in [0.2, 0.25) is 0 Å². The molecule has 0 aliphatic carbocycles. The molecule has 1 atom stereocenters. The van der Waals surface area contributed by atoms with Crippen molar-refractivity contribution in [2.45, 2.75) is 25.0 Å². The average Bonchev–Trinajstić information content (AvgIpc) is 2.90. The number of carbonyl (C=O) groups is 1. The van der Waals surface area contributed by atoms with Crippen molar-refractivity contribution in [2.24, 2.45) is 0 Å². The van der Waals surface area contributed by atoms with Crippen LogP contribution in [0, 0.1) is 6.92 Å². The minimum Gasteiger partial charge on any atom is -0.356 e. The zero-order valence-corrected chi connectivity index (χ0v) is 15.7. The van der Waals surface area contributed by atoms with E-state index in [4.69, 9.17) is 4.52 Å². The van der Waals surface area contributed by atoms with Gasteiger partial charge in [0.15, 0.2) is 5.58 Å². The molecule has 1 fully saturated rings. The van der Waals surface area contributed by atoms with Crippen LogP contribution in [-0.4, -0.2) is 34.8 Å². The molecule has 1 amide bonds. The first-order valence-corrected chi connectivity index (χ1v) is 10.1. The lowest BCUT2D eigenvalue weighted by molar-refractivity contribution is -0.130. The van der Waals surface area contributed by atoms with Crippen LogP contribution in [0.25, 0.3) is 11.0 Å². The van der Waals surface area contributed by atoms with Gasteiger partial charge in [-0.1, -0.05) is 41.6 Å². The maximum absolute atomic E-state index is 12.8. The van der Waals surface area contributed by atoms with E-state index in [1.54, 1.807) is 0 Å². The van der Waals surface area contributed by atoms with E-state index in [1.807, 2.05) is 40.9 Å². The molecule has 4 rings (SSSR count). The lowest BCUT2D eigenvalue weighted by atomic mass is 10.0. The van der Waals surface area contributed by atoms with Crippen molar-refractivity contribution in [3.63, 3.8) is 0 Å². The molecule has 0 bridgehead atoms. The zero-order valence-electron chi connectivity index (χ0n) is 14.9. The molecule has 1 aliphatic heterocycles. The normalized spacial score (nSPS) is 18.0. The first kappa shape index (κ1) is 17.2. The summed E-state index contributed by atoms with van der Waals surface area (Å²) in [5.74, 6) is 1.10. The Morgan fingerprint density at radius 1 is 1.19 bits per heavy atom. The van der Waals surface area contributed by atoms with Crippen LogP contribution in [0.5, 0.6) is 0 Å². The van der Waals surface area contributed by atoms with Gasteiger partial charge in [0, 0.05) is 29.5 Å². The minimum atomic E-state index is 0.134. The molecule has 1 aliphatic rings. The highest BCUT2D eigenvalue weighted by molar-refractivity contribution is 7.99. The smallest absolute Gasteiger partial charge is 0.228 e. The summed E-state index contributed by atoms with van der Waals surface area (Å²) in [5.41, 5.74) is 4.20. The number of rotatable bonds is 3. The van der Waals surface area contributed by atoms with Crippen LogP contribution in [0.3, 0.4) is 0 Å². The van der Waals surface area contributed by atoms with Gasteiger partial charge in [0.1, 0.15) is 5.69 Å². The molecule has 134 valence electrons. The topological polar surface area (TPSA) is 46.3 Å². The molecule has 2 aromatic carbocycles. The second-order valence-corrected chi connectivity index (χ2v) is 8.00. The first-order chi connectivity index (χ1) is 12.7. The fourth-order valence-electron chi connectivity index (χ4n) is 3.54. The Hall–Kier alpha value is -2.27. The third-order valence-electron chi connectivity index (χ3n) is 5.00. The van der Waals surface area contributed by atoms with Crippen LogP contribution >= 0.6 is 11.8 Å². The Bertz CT molecular complexity index is 921. The molecular weight excluding hydrogens is 344 g/mol. The van der Waals surface area contributed by atoms with E-state index in [9.17, 15) is 4.79 Å². The average molecular weight is 366 g/mol. The Balaban J connectivity index is 1.44. The maximum Gasteiger partial charge on any atom is 0.228 e. The lowest BCUT2D eigenvalue weighted by Crippen LogP contribution is -2.34. The van der Waals surface area contributed by atoms with Crippen LogP contribution in [-0.2, 0) is 11.2 Å². The molecule has 1 saturated heterocycles. The molecule has 0 unspecified atom stereocenters. The van der Waals surface area contributed by atoms with Gasteiger partial charge in [-0.2, -0.15) is 11.8 Å². The predicted molar refractivity (Wildman–Crippen MR) is 105 cm³/mol. The molecule has 4 nitrogen and oxygen atoms in total. The number of aromatic nitrogens is 1. The second-order valence-electron chi connectivity index (χ2n) is 6.69. The van der Waals surface area contributed by atoms with Gasteiger partial charge in [0.25, 0.3) is 0 Å². The Labute approximate surface area is 157 Å². The fraction of sp³-hybridized carbons (Fsp3) is 0.333. The molecule has 0 N–H and O–H groups in total. The van der Waals surface area contributed by atoms with E-state index in [1.165, 1.54) is 11.1 Å². The predicted octanol–water partition coefficient (Wildman–Crippen LogP) is 4.39. The first-order valence-electron chi connectivity index (χ1n) is 9.00. The molecule has 0 saturated carbocycles. The summed E-state index contributed by atoms with van der Waals surface area (Å²) in [4.78, 5) is 14.8. The minimum absolute atomic E-state index is 0.134. The second kappa shape index (κ2) is 7.54. The van der Waals surface area contributed by atoms with Crippen molar-refractivity contribution in [3.05, 3.63) is 65.4 Å². The third kappa shape index (κ3) is 3.49. The number of para-hydroxylation sites is 1. The van der Waals surface area contributed by atoms with Crippen molar-refractivity contribution in [1.29, 1.82) is 0 Å². The monoisotopic (exact) mass is 366 g/mol. The molecular formula is C21H22N2O2S. The lowest BCUT2D eigenvalue weighted by Gasteiger charge is -2.20. The fourth-order valence-corrected chi connectivity index (χ4v) is 4.86. The SMILES string of the molecule is Cc1ccccc1[C@@H]1CCN(C(=O)Cc2noc3ccccc23)CCS1. The van der Waals surface area contributed by atoms with Crippen molar-refractivity contribution in [3.8, 4) is 0 Å². The number of thioether (sulfide) groups is 1. The summed E-state index contributed by atoms with van der Waals surface area (Å²) >= 11 is 1.95. The third-order valence-corrected chi connectivity index (χ3v) is 6.31. The van der Waals surface area contributed by atoms with Gasteiger partial charge in [-0.15, -0.1) is 0 Å². The van der Waals surface area contributed by atoms with Crippen LogP contribution in [0.15, 0.2) is 53.1 Å². The number of fused-ring (bicyclic) bond motifs is 1. The summed E-state index contributed by atoms with van der Waals surface area (Å²) in [6.45, 7) is 3.75. The summed E-state index contributed by atoms with van der Waals surface area (Å²) in [6.07, 6.45) is 1.29. The molecule has 1 aromatic heterocycles. The van der Waals surface area contributed by atoms with Gasteiger partial charge in [0.05, 0.1) is 6.42 Å². The standard InChI is InChI=1S/C21H22N2O2S/c1-15-6-2-3-7-16(15)20-10-11-23(12-13-26-20)21(24)14-18-17-8-4-5-9-19(17)25-22-18/h2-9,20H,10-14H2,1H3/t20-/m0/s1. The maximum atomic E-state index is 12.8. The van der Waals surface area contributed by atoms with Crippen LogP contribution < -0.4 is 0 Å². The highest BCUT2D eigenvalue weighted by atomic mass is 32.2. The van der Waals surface area contributed by atoms with E-state index in [2.05, 4.69) is 36.3 Å². The van der Waals surface area contributed by atoms with Crippen molar-refractivity contribution in [1.82, 2.24) is 10.1 Å². The van der Waals surface area contributed by atoms with Crippen LogP contribution in [0.1, 0.15) is 28.5 Å². The van der Waals surface area contributed by atoms with Gasteiger partial charge in [-0.3, -0.25) is 4.79 Å². The highest BCUT2D eigenvalue weighted by Crippen LogP contribution is 2.36. The number of nitrogens with zero attached hydrogens (tertiary/aromatic N) is 2. The van der Waals surface area contributed by atoms with E-state index in [0.29, 0.717) is 11.7 Å². The number of carbonyl (C=O) groups excluding carboxylic acids is 1. The highest BCUT2D eigenvalue weighted by Gasteiger charge is 2.24. The summed E-state index contributed by atoms with van der Waals surface area (Å²) in [7, 11) is 0. The van der Waals surface area contributed by atoms with E-state index in [0.717, 1.165) is 41.9 Å². The van der Waals surface area contributed by atoms with Gasteiger partial charge in [0.2, 0.25) is 5.91 Å². The Morgan fingerprint density at radius 2 is 2.00 bits per heavy atom. The van der Waals surface area contributed by atoms with Crippen LogP contribution in [0.4, 0.5) is 0 Å². The molecule has 0 spiro atoms. The molecule has 0 radical (unpaired) electrons. The number of aryl methyl sites for hydroxylation is 1. The summed E-state index contributed by atoms with van der Waals surface area (Å²) in [5, 5.41) is 5.49. The Morgan fingerprint density at radius 3 is 2.88 bits per heavy atom. The van der Waals surface area contributed by atoms with Crippen molar-refractivity contribution in [2.75, 3.05) is 18.8 Å². The number of hydrogen-bond donors (Lipinski definition) is 0. The molecule has 3 aromatic rings. The number of amides is 1. The largest absolute Gasteiger partial charge is 0.356 e. The molecule has 5 heteroatoms. The number of benzene rings is 2. The van der Waals surface area contributed by atoms with Gasteiger partial charge in [-0.05, 0) is 36.6 Å².